The van der Waals surface area contributed by atoms with E-state index in [4.69, 9.17) is 4.74 Å². The molecule has 0 aliphatic rings. The number of Topliss-reactive ketones (excluding diaryl/α,β-unsaturated/α-hetero) is 2. The lowest BCUT2D eigenvalue weighted by Crippen LogP contribution is -2.69. The van der Waals surface area contributed by atoms with Gasteiger partial charge < -0.3 is 25.2 Å². The van der Waals surface area contributed by atoms with Gasteiger partial charge in [-0.25, -0.2) is 0 Å². The Labute approximate surface area is 345 Å². The summed E-state index contributed by atoms with van der Waals surface area (Å²) < 4.78 is 5.11. The SMILES string of the molecule is CCCCC/C=C\C/C=C\CCCCCCCC(=O)C(O)(C(=O)CCCCCCC/C=C\CCCCCCCC)C(O)(CO)C(=O)/C=C/c1ccc(O)c(OC)c1. The van der Waals surface area contributed by atoms with E-state index in [-0.39, 0.29) is 24.3 Å². The molecule has 0 fully saturated rings. The molecule has 0 amide bonds. The summed E-state index contributed by atoms with van der Waals surface area (Å²) in [7, 11) is 1.37. The van der Waals surface area contributed by atoms with Crippen molar-refractivity contribution in [3.8, 4) is 11.5 Å². The highest BCUT2D eigenvalue weighted by atomic mass is 16.5. The zero-order valence-electron chi connectivity index (χ0n) is 35.9. The van der Waals surface area contributed by atoms with Crippen LogP contribution in [-0.2, 0) is 14.4 Å². The normalized spacial score (nSPS) is 14.2. The van der Waals surface area contributed by atoms with Crippen molar-refractivity contribution in [3.05, 3.63) is 66.3 Å². The molecule has 1 aromatic rings. The third kappa shape index (κ3) is 20.8. The average molecular weight is 795 g/mol. The number of carbonyl (C=O) groups is 3. The number of phenolic OH excluding ortho intramolecular Hbond substituents is 1. The number of ketones is 3. The first kappa shape index (κ1) is 51.7. The van der Waals surface area contributed by atoms with Crippen molar-refractivity contribution < 1.29 is 39.5 Å². The highest BCUT2D eigenvalue weighted by Crippen LogP contribution is 2.32. The van der Waals surface area contributed by atoms with Gasteiger partial charge in [-0.1, -0.05) is 146 Å². The lowest BCUT2D eigenvalue weighted by atomic mass is 9.71. The molecule has 0 aliphatic carbocycles. The molecule has 322 valence electrons. The molecule has 2 unspecified atom stereocenters. The molecule has 0 spiro atoms. The third-order valence-corrected chi connectivity index (χ3v) is 10.7. The van der Waals surface area contributed by atoms with E-state index in [1.807, 2.05) is 0 Å². The van der Waals surface area contributed by atoms with Crippen LogP contribution in [-0.4, -0.2) is 62.7 Å². The largest absolute Gasteiger partial charge is 0.504 e. The first-order valence-electron chi connectivity index (χ1n) is 22.3. The Morgan fingerprint density at radius 1 is 0.614 bits per heavy atom. The predicted octanol–water partition coefficient (Wildman–Crippen LogP) is 11.4. The first-order chi connectivity index (χ1) is 27.6. The van der Waals surface area contributed by atoms with Gasteiger partial charge in [-0.2, -0.15) is 0 Å². The van der Waals surface area contributed by atoms with E-state index in [0.29, 0.717) is 31.2 Å². The molecule has 0 radical (unpaired) electrons. The first-order valence-corrected chi connectivity index (χ1v) is 22.3. The summed E-state index contributed by atoms with van der Waals surface area (Å²) in [4.78, 5) is 41.0. The standard InChI is InChI=1S/C49H78O8/c1-4-6-8-10-12-14-16-18-20-22-24-26-28-30-32-34-46(53)49(56,48(55,41-50)45(52)39-37-42-36-38-43(51)44(40-42)57-3)47(54)35-33-31-29-27-25-23-21-19-17-15-13-11-9-7-5-2/h12,14,18-21,36-40,50-51,55-56H,4-11,13,15-17,22-35,41H2,1-3H3/b14-12-,20-18-,21-19-,39-37+. The summed E-state index contributed by atoms with van der Waals surface area (Å²) in [6.07, 6.45) is 39.7. The van der Waals surface area contributed by atoms with Crippen LogP contribution in [0.3, 0.4) is 0 Å². The molecule has 0 saturated heterocycles. The number of allylic oxidation sites excluding steroid dienone is 6. The molecule has 0 heterocycles. The van der Waals surface area contributed by atoms with Gasteiger partial charge in [-0.05, 0) is 94.4 Å². The minimum absolute atomic E-state index is 0.109. The predicted molar refractivity (Wildman–Crippen MR) is 235 cm³/mol. The summed E-state index contributed by atoms with van der Waals surface area (Å²) in [5.74, 6) is -3.05. The average Bonchev–Trinajstić information content (AvgIpc) is 3.22. The molecular weight excluding hydrogens is 717 g/mol. The second kappa shape index (κ2) is 32.6. The summed E-state index contributed by atoms with van der Waals surface area (Å²) in [5.41, 5.74) is -5.76. The molecule has 8 heteroatoms. The Morgan fingerprint density at radius 3 is 1.51 bits per heavy atom. The van der Waals surface area contributed by atoms with Crippen molar-refractivity contribution in [2.24, 2.45) is 0 Å². The number of ether oxygens (including phenoxy) is 1. The highest BCUT2D eigenvalue weighted by Gasteiger charge is 2.61. The third-order valence-electron chi connectivity index (χ3n) is 10.7. The van der Waals surface area contributed by atoms with E-state index in [2.05, 4.69) is 50.3 Å². The van der Waals surface area contributed by atoms with Gasteiger partial charge in [-0.15, -0.1) is 0 Å². The van der Waals surface area contributed by atoms with Crippen LogP contribution in [0.25, 0.3) is 6.08 Å². The highest BCUT2D eigenvalue weighted by molar-refractivity contribution is 6.18. The molecule has 57 heavy (non-hydrogen) atoms. The number of aliphatic hydroxyl groups is 3. The van der Waals surface area contributed by atoms with Crippen molar-refractivity contribution in [3.63, 3.8) is 0 Å². The van der Waals surface area contributed by atoms with Crippen molar-refractivity contribution in [1.29, 1.82) is 0 Å². The summed E-state index contributed by atoms with van der Waals surface area (Å²) >= 11 is 0. The fourth-order valence-corrected chi connectivity index (χ4v) is 6.91. The number of carbonyl (C=O) groups excluding carboxylic acids is 3. The summed E-state index contributed by atoms with van der Waals surface area (Å²) in [5, 5.41) is 43.7. The van der Waals surface area contributed by atoms with Gasteiger partial charge in [0.15, 0.2) is 34.4 Å². The van der Waals surface area contributed by atoms with Crippen LogP contribution in [0.4, 0.5) is 0 Å². The Balaban J connectivity index is 2.77. The van der Waals surface area contributed by atoms with Crippen LogP contribution in [0.2, 0.25) is 0 Å². The second-order valence-electron chi connectivity index (χ2n) is 15.5. The number of methoxy groups -OCH3 is 1. The second-order valence-corrected chi connectivity index (χ2v) is 15.5. The van der Waals surface area contributed by atoms with Crippen molar-refractivity contribution in [1.82, 2.24) is 0 Å². The monoisotopic (exact) mass is 795 g/mol. The molecule has 1 aromatic carbocycles. The van der Waals surface area contributed by atoms with Crippen molar-refractivity contribution >= 4 is 23.4 Å². The minimum Gasteiger partial charge on any atom is -0.504 e. The number of hydrogen-bond donors (Lipinski definition) is 4. The Bertz CT molecular complexity index is 1360. The number of unbranched alkanes of at least 4 members (excludes halogenated alkanes) is 19. The summed E-state index contributed by atoms with van der Waals surface area (Å²) in [6.45, 7) is 3.12. The molecule has 0 aromatic heterocycles. The molecule has 8 nitrogen and oxygen atoms in total. The zero-order chi connectivity index (χ0) is 42.0. The van der Waals surface area contributed by atoms with E-state index in [9.17, 15) is 34.8 Å². The lowest BCUT2D eigenvalue weighted by Gasteiger charge is -2.38. The lowest BCUT2D eigenvalue weighted by molar-refractivity contribution is -0.191. The van der Waals surface area contributed by atoms with Gasteiger partial charge in [0.05, 0.1) is 13.7 Å². The Morgan fingerprint density at radius 2 is 1.04 bits per heavy atom. The topological polar surface area (TPSA) is 141 Å². The van der Waals surface area contributed by atoms with Crippen molar-refractivity contribution in [2.75, 3.05) is 13.7 Å². The van der Waals surface area contributed by atoms with Gasteiger partial charge in [0.2, 0.25) is 5.60 Å². The minimum atomic E-state index is -3.11. The number of aliphatic hydroxyl groups excluding tert-OH is 1. The number of rotatable bonds is 37. The van der Waals surface area contributed by atoms with Gasteiger partial charge in [-0.3, -0.25) is 14.4 Å². The molecule has 4 N–H and O–H groups in total. The number of aromatic hydroxyl groups is 1. The number of benzene rings is 1. The van der Waals surface area contributed by atoms with Crippen LogP contribution in [0, 0.1) is 0 Å². The number of phenols is 1. The van der Waals surface area contributed by atoms with Crippen LogP contribution >= 0.6 is 0 Å². The fourth-order valence-electron chi connectivity index (χ4n) is 6.91. The van der Waals surface area contributed by atoms with Gasteiger partial charge in [0.25, 0.3) is 0 Å². The van der Waals surface area contributed by atoms with E-state index in [1.165, 1.54) is 89.2 Å². The maximum absolute atomic E-state index is 13.7. The molecule has 0 saturated carbocycles. The molecule has 0 bridgehead atoms. The Kier molecular flexibility index (Phi) is 29.6. The fraction of sp³-hybridized carbons (Fsp3) is 0.653. The zero-order valence-corrected chi connectivity index (χ0v) is 35.9. The quantitative estimate of drug-likeness (QED) is 0.0226. The molecule has 0 aliphatic heterocycles. The smallest absolute Gasteiger partial charge is 0.220 e. The van der Waals surface area contributed by atoms with E-state index in [0.717, 1.165) is 76.7 Å². The molecular formula is C49H78O8. The Hall–Kier alpha value is -3.33. The van der Waals surface area contributed by atoms with Crippen LogP contribution in [0.5, 0.6) is 11.5 Å². The van der Waals surface area contributed by atoms with Crippen molar-refractivity contribution in [2.45, 2.75) is 192 Å². The summed E-state index contributed by atoms with van der Waals surface area (Å²) in [6, 6.07) is 4.32. The van der Waals surface area contributed by atoms with E-state index < -0.39 is 35.2 Å². The maximum Gasteiger partial charge on any atom is 0.220 e. The van der Waals surface area contributed by atoms with Crippen LogP contribution in [0.1, 0.15) is 186 Å². The van der Waals surface area contributed by atoms with E-state index >= 15 is 0 Å². The molecule has 1 rings (SSSR count). The molecule has 2 atom stereocenters. The van der Waals surface area contributed by atoms with Crippen LogP contribution < -0.4 is 4.74 Å². The maximum atomic E-state index is 13.7. The van der Waals surface area contributed by atoms with Gasteiger partial charge in [0, 0.05) is 12.8 Å². The number of hydrogen-bond acceptors (Lipinski definition) is 8. The van der Waals surface area contributed by atoms with E-state index in [1.54, 1.807) is 0 Å². The van der Waals surface area contributed by atoms with Gasteiger partial charge in [0.1, 0.15) is 0 Å². The van der Waals surface area contributed by atoms with Crippen LogP contribution in [0.15, 0.2) is 60.7 Å². The van der Waals surface area contributed by atoms with Gasteiger partial charge >= 0.3 is 0 Å².